The molecule has 0 aliphatic heterocycles. The van der Waals surface area contributed by atoms with Crippen LogP contribution in [0.15, 0.2) is 12.1 Å². The highest BCUT2D eigenvalue weighted by Gasteiger charge is 2.52. The van der Waals surface area contributed by atoms with Gasteiger partial charge < -0.3 is 25.2 Å². The van der Waals surface area contributed by atoms with Crippen molar-refractivity contribution >= 4 is 17.8 Å². The predicted octanol–water partition coefficient (Wildman–Crippen LogP) is 4.40. The number of fused-ring (bicyclic) bond motifs is 2. The molecule has 2 bridgehead atoms. The second-order valence-electron chi connectivity index (χ2n) is 12.2. The Morgan fingerprint density at radius 1 is 1.05 bits per heavy atom. The van der Waals surface area contributed by atoms with Gasteiger partial charge in [-0.3, -0.25) is 14.4 Å². The van der Waals surface area contributed by atoms with Crippen molar-refractivity contribution in [2.75, 3.05) is 13.7 Å². The molecule has 0 aromatic heterocycles. The highest BCUT2D eigenvalue weighted by atomic mass is 19.1. The molecule has 8 nitrogen and oxygen atoms in total. The lowest BCUT2D eigenvalue weighted by Gasteiger charge is -2.36. The Morgan fingerprint density at radius 3 is 2.36 bits per heavy atom. The van der Waals surface area contributed by atoms with Gasteiger partial charge in [0.1, 0.15) is 11.4 Å². The fraction of sp³-hybridized carbons (Fsp3) is 0.690. The molecule has 0 saturated heterocycles. The van der Waals surface area contributed by atoms with Crippen molar-refractivity contribution in [3.05, 3.63) is 23.5 Å². The molecule has 0 unspecified atom stereocenters. The minimum absolute atomic E-state index is 0.000344. The average Bonchev–Trinajstić information content (AvgIpc) is 3.50. The van der Waals surface area contributed by atoms with Crippen molar-refractivity contribution in [1.29, 1.82) is 0 Å². The van der Waals surface area contributed by atoms with Crippen molar-refractivity contribution in [2.24, 2.45) is 23.2 Å². The Balaban J connectivity index is 1.28. The summed E-state index contributed by atoms with van der Waals surface area (Å²) >= 11 is 0. The molecule has 1 aromatic rings. The molecule has 214 valence electrons. The number of hydrogen-bond acceptors (Lipinski definition) is 5. The van der Waals surface area contributed by atoms with Crippen molar-refractivity contribution in [2.45, 2.75) is 88.9 Å². The molecule has 0 heterocycles. The monoisotopic (exact) mass is 548 g/mol. The van der Waals surface area contributed by atoms with Gasteiger partial charge in [-0.25, -0.2) is 8.78 Å². The van der Waals surface area contributed by atoms with E-state index >= 15 is 0 Å². The molecule has 4 saturated carbocycles. The number of benzene rings is 1. The Morgan fingerprint density at radius 2 is 1.74 bits per heavy atom. The quantitative estimate of drug-likeness (QED) is 0.422. The molecule has 2 amide bonds. The summed E-state index contributed by atoms with van der Waals surface area (Å²) in [4.78, 5) is 38.1. The first kappa shape index (κ1) is 27.6. The van der Waals surface area contributed by atoms with Gasteiger partial charge in [-0.05, 0) is 89.0 Å². The van der Waals surface area contributed by atoms with Crippen molar-refractivity contribution in [1.82, 2.24) is 10.6 Å². The van der Waals surface area contributed by atoms with E-state index in [-0.39, 0.29) is 47.5 Å². The van der Waals surface area contributed by atoms with Crippen molar-refractivity contribution < 1.29 is 37.7 Å². The van der Waals surface area contributed by atoms with Crippen molar-refractivity contribution in [3.8, 4) is 11.5 Å². The molecule has 1 aromatic carbocycles. The summed E-state index contributed by atoms with van der Waals surface area (Å²) in [5, 5.41) is 15.3. The van der Waals surface area contributed by atoms with E-state index in [0.717, 1.165) is 31.7 Å². The standard InChI is InChI=1S/C29H38F2N2O6/c1-28(27(36)37)10-6-18(7-11-28)39-22-13-19(21(38-2)14-20(22)30)25(34)33-24-17-5-4-16(12-17)23(24)26(35)32-15-29(31)8-3-9-29/h13-14,16-18,23-24H,3-12,15H2,1-2H3,(H,32,35)(H,33,34)(H,36,37)/t16-,17+,18-,23+,24-,28+/m1/s1. The summed E-state index contributed by atoms with van der Waals surface area (Å²) in [7, 11) is 1.35. The van der Waals surface area contributed by atoms with Gasteiger partial charge in [0, 0.05) is 12.1 Å². The van der Waals surface area contributed by atoms with Crippen LogP contribution in [-0.2, 0) is 9.59 Å². The lowest BCUT2D eigenvalue weighted by molar-refractivity contribution is -0.150. The normalized spacial score (nSPS) is 32.7. The zero-order chi connectivity index (χ0) is 27.9. The topological polar surface area (TPSA) is 114 Å². The van der Waals surface area contributed by atoms with Gasteiger partial charge in [0.05, 0.1) is 36.7 Å². The molecule has 0 radical (unpaired) electrons. The molecular formula is C29H38F2N2O6. The number of carbonyl (C=O) groups is 3. The minimum Gasteiger partial charge on any atom is -0.496 e. The lowest BCUT2D eigenvalue weighted by Crippen LogP contribution is -2.52. The maximum Gasteiger partial charge on any atom is 0.309 e. The van der Waals surface area contributed by atoms with Crippen LogP contribution in [-0.4, -0.2) is 54.4 Å². The lowest BCUT2D eigenvalue weighted by atomic mass is 9.75. The maximum absolute atomic E-state index is 14.9. The van der Waals surface area contributed by atoms with Crippen LogP contribution >= 0.6 is 0 Å². The Bertz CT molecular complexity index is 1130. The molecule has 10 heteroatoms. The van der Waals surface area contributed by atoms with Crippen LogP contribution in [0.1, 0.15) is 81.5 Å². The summed E-state index contributed by atoms with van der Waals surface area (Å²) < 4.78 is 40.6. The summed E-state index contributed by atoms with van der Waals surface area (Å²) in [6, 6.07) is 2.03. The summed E-state index contributed by atoms with van der Waals surface area (Å²) in [6.45, 7) is 1.70. The van der Waals surface area contributed by atoms with E-state index in [0.29, 0.717) is 38.5 Å². The van der Waals surface area contributed by atoms with E-state index in [4.69, 9.17) is 9.47 Å². The van der Waals surface area contributed by atoms with Crippen LogP contribution in [0.5, 0.6) is 11.5 Å². The first-order valence-electron chi connectivity index (χ1n) is 14.1. The van der Waals surface area contributed by atoms with Crippen molar-refractivity contribution in [3.63, 3.8) is 0 Å². The number of carboxylic acids is 1. The van der Waals surface area contributed by atoms with E-state index in [1.54, 1.807) is 6.92 Å². The zero-order valence-corrected chi connectivity index (χ0v) is 22.6. The molecule has 3 N–H and O–H groups in total. The molecular weight excluding hydrogens is 510 g/mol. The molecule has 39 heavy (non-hydrogen) atoms. The smallest absolute Gasteiger partial charge is 0.309 e. The molecule has 4 aliphatic carbocycles. The average molecular weight is 549 g/mol. The number of halogens is 2. The number of ether oxygens (including phenoxy) is 2. The number of carboxylic acid groups (broad SMARTS) is 1. The van der Waals surface area contributed by atoms with E-state index in [1.807, 2.05) is 0 Å². The molecule has 4 aliphatic rings. The van der Waals surface area contributed by atoms with Crippen LogP contribution in [0, 0.1) is 29.0 Å². The third-order valence-corrected chi connectivity index (χ3v) is 9.69. The fourth-order valence-corrected chi connectivity index (χ4v) is 6.92. The van der Waals surface area contributed by atoms with Gasteiger partial charge in [0.2, 0.25) is 5.91 Å². The van der Waals surface area contributed by atoms with Crippen LogP contribution in [0.2, 0.25) is 0 Å². The minimum atomic E-state index is -1.32. The third-order valence-electron chi connectivity index (χ3n) is 9.69. The number of aliphatic carboxylic acids is 1. The predicted molar refractivity (Wildman–Crippen MR) is 138 cm³/mol. The van der Waals surface area contributed by atoms with Gasteiger partial charge in [-0.2, -0.15) is 0 Å². The van der Waals surface area contributed by atoms with Crippen LogP contribution in [0.25, 0.3) is 0 Å². The van der Waals surface area contributed by atoms with Crippen LogP contribution in [0.4, 0.5) is 8.78 Å². The number of hydrogen-bond donors (Lipinski definition) is 3. The fourth-order valence-electron chi connectivity index (χ4n) is 6.92. The number of methoxy groups -OCH3 is 1. The van der Waals surface area contributed by atoms with Crippen LogP contribution < -0.4 is 20.1 Å². The number of alkyl halides is 1. The molecule has 5 rings (SSSR count). The second kappa shape index (κ2) is 10.6. The van der Waals surface area contributed by atoms with Gasteiger partial charge >= 0.3 is 5.97 Å². The molecule has 4 atom stereocenters. The SMILES string of the molecule is COc1cc(F)c(O[C@H]2CC[C@@](C)(C(=O)O)CC2)cc1C(=O)N[C@@H]1[C@H]2CC[C@H](C2)[C@@H]1C(=O)NCC1(F)CCC1. The number of rotatable bonds is 9. The third kappa shape index (κ3) is 5.43. The first-order chi connectivity index (χ1) is 18.5. The molecule has 4 fully saturated rings. The van der Waals surface area contributed by atoms with Gasteiger partial charge in [0.15, 0.2) is 11.6 Å². The van der Waals surface area contributed by atoms with E-state index < -0.39 is 40.7 Å². The van der Waals surface area contributed by atoms with E-state index in [2.05, 4.69) is 10.6 Å². The number of nitrogens with one attached hydrogen (secondary N) is 2. The number of amides is 2. The van der Waals surface area contributed by atoms with Crippen LogP contribution in [0.3, 0.4) is 0 Å². The Hall–Kier alpha value is -2.91. The summed E-state index contributed by atoms with van der Waals surface area (Å²) in [5.41, 5.74) is -2.05. The Labute approximate surface area is 227 Å². The summed E-state index contributed by atoms with van der Waals surface area (Å²) in [6.07, 6.45) is 5.73. The van der Waals surface area contributed by atoms with E-state index in [9.17, 15) is 28.3 Å². The van der Waals surface area contributed by atoms with Gasteiger partial charge in [0.25, 0.3) is 5.91 Å². The highest BCUT2D eigenvalue weighted by Crippen LogP contribution is 2.49. The Kier molecular flexibility index (Phi) is 7.50. The largest absolute Gasteiger partial charge is 0.496 e. The second-order valence-corrected chi connectivity index (χ2v) is 12.2. The zero-order valence-electron chi connectivity index (χ0n) is 22.6. The van der Waals surface area contributed by atoms with Gasteiger partial charge in [-0.1, -0.05) is 0 Å². The maximum atomic E-state index is 14.9. The van der Waals surface area contributed by atoms with Gasteiger partial charge in [-0.15, -0.1) is 0 Å². The summed E-state index contributed by atoms with van der Waals surface area (Å²) in [5.74, 6) is -2.45. The number of carbonyl (C=O) groups excluding carboxylic acids is 2. The highest BCUT2D eigenvalue weighted by molar-refractivity contribution is 5.98. The first-order valence-corrected chi connectivity index (χ1v) is 14.1. The molecule has 0 spiro atoms. The van der Waals surface area contributed by atoms with E-state index in [1.165, 1.54) is 13.2 Å².